The molecule has 0 radical (unpaired) electrons. The van der Waals surface area contributed by atoms with Crippen LogP contribution in [-0.2, 0) is 4.74 Å². The van der Waals surface area contributed by atoms with E-state index in [1.165, 1.54) is 7.11 Å². The smallest absolute Gasteiger partial charge is 0.308 e. The molecule has 0 spiro atoms. The fourth-order valence-electron chi connectivity index (χ4n) is 2.31. The van der Waals surface area contributed by atoms with Crippen molar-refractivity contribution in [2.45, 2.75) is 24.2 Å². The molecule has 120 valence electrons. The minimum Gasteiger partial charge on any atom is -0.479 e. The van der Waals surface area contributed by atoms with Crippen LogP contribution in [0.1, 0.15) is 11.9 Å². The lowest BCUT2D eigenvalue weighted by Gasteiger charge is -2.17. The Hall–Kier alpha value is -2.11. The Kier molecular flexibility index (Phi) is 3.34. The number of nitrogens with zero attached hydrogens (tertiary/aromatic N) is 3. The number of H-pyrrole nitrogens is 1. The topological polar surface area (TPSA) is 139 Å². The predicted octanol–water partition coefficient (Wildman–Crippen LogP) is -0.628. The molecule has 22 heavy (non-hydrogen) atoms. The Balaban J connectivity index is 2.07. The van der Waals surface area contributed by atoms with Crippen LogP contribution in [-0.4, -0.2) is 62.0 Å². The fourth-order valence-corrected chi connectivity index (χ4v) is 2.31. The molecule has 0 saturated carbocycles. The number of imidazole rings is 1. The first kappa shape index (κ1) is 14.8. The van der Waals surface area contributed by atoms with Crippen molar-refractivity contribution < 1.29 is 28.5 Å². The summed E-state index contributed by atoms with van der Waals surface area (Å²) in [6.07, 6.45) is -5.42. The number of aliphatic hydroxyl groups is 2. The van der Waals surface area contributed by atoms with Gasteiger partial charge in [0.15, 0.2) is 11.8 Å². The van der Waals surface area contributed by atoms with Crippen LogP contribution in [0, 0.1) is 0 Å². The molecule has 0 bridgehead atoms. The summed E-state index contributed by atoms with van der Waals surface area (Å²) in [5.41, 5.74) is 5.68. The molecule has 1 aliphatic rings. The summed E-state index contributed by atoms with van der Waals surface area (Å²) < 4.78 is 38.1. The second-order valence-electron chi connectivity index (χ2n) is 4.77. The minimum absolute atomic E-state index is 0.0284. The average Bonchev–Trinajstić information content (AvgIpc) is 2.98. The molecule has 1 fully saturated rings. The highest BCUT2D eigenvalue weighted by atomic mass is 19.3. The summed E-state index contributed by atoms with van der Waals surface area (Å²) >= 11 is 0. The van der Waals surface area contributed by atoms with Gasteiger partial charge in [0.05, 0.1) is 13.7 Å². The van der Waals surface area contributed by atoms with Crippen molar-refractivity contribution in [1.82, 2.24) is 19.9 Å². The Morgan fingerprint density at radius 3 is 2.73 bits per heavy atom. The van der Waals surface area contributed by atoms with Gasteiger partial charge < -0.3 is 30.4 Å². The quantitative estimate of drug-likeness (QED) is 0.587. The van der Waals surface area contributed by atoms with Crippen molar-refractivity contribution in [2.24, 2.45) is 0 Å². The zero-order valence-corrected chi connectivity index (χ0v) is 11.3. The van der Waals surface area contributed by atoms with E-state index in [9.17, 15) is 13.9 Å². The van der Waals surface area contributed by atoms with Gasteiger partial charge in [-0.2, -0.15) is 9.97 Å². The summed E-state index contributed by atoms with van der Waals surface area (Å²) in [5.74, 6) is -3.99. The lowest BCUT2D eigenvalue weighted by molar-refractivity contribution is -0.115. The first-order chi connectivity index (χ1) is 10.4. The van der Waals surface area contributed by atoms with E-state index in [0.29, 0.717) is 0 Å². The number of aliphatic hydroxyl groups excluding tert-OH is 2. The van der Waals surface area contributed by atoms with Crippen molar-refractivity contribution in [3.8, 4) is 5.88 Å². The normalized spacial score (nSPS) is 27.4. The zero-order valence-electron chi connectivity index (χ0n) is 11.3. The Morgan fingerprint density at radius 2 is 2.14 bits per heavy atom. The maximum atomic E-state index is 14.1. The lowest BCUT2D eigenvalue weighted by Crippen LogP contribution is -2.38. The number of nitrogens with one attached hydrogen (secondary N) is 1. The van der Waals surface area contributed by atoms with Gasteiger partial charge in [-0.1, -0.05) is 0 Å². The van der Waals surface area contributed by atoms with E-state index in [1.54, 1.807) is 0 Å². The largest absolute Gasteiger partial charge is 0.479 e. The van der Waals surface area contributed by atoms with Gasteiger partial charge in [-0.25, -0.2) is 13.8 Å². The molecule has 3 rings (SSSR count). The molecule has 1 aliphatic heterocycles. The van der Waals surface area contributed by atoms with E-state index in [1.807, 2.05) is 0 Å². The van der Waals surface area contributed by atoms with Gasteiger partial charge in [0.2, 0.25) is 11.8 Å². The highest BCUT2D eigenvalue weighted by Crippen LogP contribution is 2.45. The van der Waals surface area contributed by atoms with Crippen LogP contribution in [0.25, 0.3) is 11.2 Å². The Bertz CT molecular complexity index is 709. The number of anilines is 1. The number of hydrogen-bond acceptors (Lipinski definition) is 8. The molecule has 0 amide bonds. The lowest BCUT2D eigenvalue weighted by atomic mass is 10.1. The van der Waals surface area contributed by atoms with Gasteiger partial charge >= 0.3 is 5.92 Å². The summed E-state index contributed by atoms with van der Waals surface area (Å²) in [6.45, 7) is -0.746. The van der Waals surface area contributed by atoms with E-state index < -0.39 is 30.8 Å². The fraction of sp³-hybridized carbons (Fsp3) is 0.545. The molecule has 3 heterocycles. The van der Waals surface area contributed by atoms with Crippen LogP contribution in [0.5, 0.6) is 5.88 Å². The van der Waals surface area contributed by atoms with E-state index in [-0.39, 0.29) is 28.8 Å². The Labute approximate surface area is 122 Å². The third kappa shape index (κ3) is 2.05. The maximum Gasteiger partial charge on any atom is 0.308 e. The van der Waals surface area contributed by atoms with Gasteiger partial charge in [0, 0.05) is 0 Å². The van der Waals surface area contributed by atoms with E-state index in [0.717, 1.165) is 0 Å². The van der Waals surface area contributed by atoms with Gasteiger partial charge in [0.25, 0.3) is 0 Å². The number of halogens is 2. The number of hydrogen-bond donors (Lipinski definition) is 4. The van der Waals surface area contributed by atoms with Crippen LogP contribution in [0.3, 0.4) is 0 Å². The molecule has 0 aromatic carbocycles. The predicted molar refractivity (Wildman–Crippen MR) is 68.3 cm³/mol. The van der Waals surface area contributed by atoms with Crippen molar-refractivity contribution in [1.29, 1.82) is 0 Å². The third-order valence-corrected chi connectivity index (χ3v) is 3.38. The zero-order chi connectivity index (χ0) is 16.1. The van der Waals surface area contributed by atoms with Crippen molar-refractivity contribution in [2.75, 3.05) is 19.5 Å². The average molecular weight is 317 g/mol. The van der Waals surface area contributed by atoms with Crippen molar-refractivity contribution in [3.05, 3.63) is 5.82 Å². The molecule has 3 atom stereocenters. The van der Waals surface area contributed by atoms with Crippen molar-refractivity contribution in [3.63, 3.8) is 0 Å². The first-order valence-corrected chi connectivity index (χ1v) is 6.27. The summed E-state index contributed by atoms with van der Waals surface area (Å²) in [6, 6.07) is 0. The number of alkyl halides is 2. The summed E-state index contributed by atoms with van der Waals surface area (Å²) in [4.78, 5) is 14.1. The monoisotopic (exact) mass is 317 g/mol. The molecule has 0 unspecified atom stereocenters. The summed E-state index contributed by atoms with van der Waals surface area (Å²) in [5, 5.41) is 18.5. The van der Waals surface area contributed by atoms with E-state index in [4.69, 9.17) is 20.3 Å². The number of nitrogen functional groups attached to an aromatic ring is 1. The molecule has 2 aromatic rings. The maximum absolute atomic E-state index is 14.1. The van der Waals surface area contributed by atoms with Gasteiger partial charge in [0.1, 0.15) is 23.5 Å². The van der Waals surface area contributed by atoms with Crippen LogP contribution >= 0.6 is 0 Å². The van der Waals surface area contributed by atoms with Crippen LogP contribution in [0.4, 0.5) is 14.7 Å². The van der Waals surface area contributed by atoms with E-state index in [2.05, 4.69) is 19.9 Å². The van der Waals surface area contributed by atoms with E-state index >= 15 is 0 Å². The molecular formula is C11H13F2N5O4. The van der Waals surface area contributed by atoms with Crippen LogP contribution in [0.15, 0.2) is 0 Å². The SMILES string of the molecule is COc1nc(N)nc2nc([C@@H]3O[C@H](CO)[C@@H](O)C3(F)F)[nH]c12. The number of fused-ring (bicyclic) bond motifs is 1. The Morgan fingerprint density at radius 1 is 1.41 bits per heavy atom. The third-order valence-electron chi connectivity index (χ3n) is 3.38. The van der Waals surface area contributed by atoms with Gasteiger partial charge in [-0.3, -0.25) is 0 Å². The van der Waals surface area contributed by atoms with Crippen LogP contribution < -0.4 is 10.5 Å². The summed E-state index contributed by atoms with van der Waals surface area (Å²) in [7, 11) is 1.33. The molecule has 11 heteroatoms. The van der Waals surface area contributed by atoms with Crippen LogP contribution in [0.2, 0.25) is 0 Å². The molecule has 5 N–H and O–H groups in total. The highest BCUT2D eigenvalue weighted by molar-refractivity contribution is 5.77. The molecule has 0 aliphatic carbocycles. The number of methoxy groups -OCH3 is 1. The minimum atomic E-state index is -3.63. The van der Waals surface area contributed by atoms with Gasteiger partial charge in [-0.05, 0) is 0 Å². The number of nitrogens with two attached hydrogens (primary N) is 1. The number of ether oxygens (including phenoxy) is 2. The number of aromatic nitrogens is 4. The van der Waals surface area contributed by atoms with Crippen molar-refractivity contribution >= 4 is 17.1 Å². The van der Waals surface area contributed by atoms with Gasteiger partial charge in [-0.15, -0.1) is 0 Å². The first-order valence-electron chi connectivity index (χ1n) is 6.27. The molecule has 2 aromatic heterocycles. The molecular weight excluding hydrogens is 304 g/mol. The standard InChI is InChI=1S/C11H13F2N5O4/c1-21-9-4-7(17-10(14)18-9)16-8(15-4)6-11(12,13)5(20)3(2-19)22-6/h3,5-6,19-20H,2H2,1H3,(H3,14,15,16,17,18)/t3-,5-,6+/m1/s1. The number of rotatable bonds is 3. The second kappa shape index (κ2) is 4.97. The second-order valence-corrected chi connectivity index (χ2v) is 4.77. The molecule has 1 saturated heterocycles. The number of aromatic amines is 1. The highest BCUT2D eigenvalue weighted by Gasteiger charge is 2.59. The molecule has 9 nitrogen and oxygen atoms in total.